The Kier molecular flexibility index (Phi) is 4.69. The molecule has 2 heterocycles. The first-order chi connectivity index (χ1) is 12.0. The van der Waals surface area contributed by atoms with E-state index >= 15 is 0 Å². The van der Waals surface area contributed by atoms with Crippen LogP contribution in [0.5, 0.6) is 0 Å². The molecule has 0 saturated heterocycles. The Labute approximate surface area is 167 Å². The van der Waals surface area contributed by atoms with Crippen LogP contribution in [-0.4, -0.2) is 26.3 Å². The predicted octanol–water partition coefficient (Wildman–Crippen LogP) is 5.92. The van der Waals surface area contributed by atoms with Crippen LogP contribution in [0.2, 0.25) is 20.1 Å². The lowest BCUT2D eigenvalue weighted by atomic mass is 10.1. The molecule has 0 N–H and O–H groups in total. The molecule has 0 aliphatic carbocycles. The van der Waals surface area contributed by atoms with Gasteiger partial charge in [-0.1, -0.05) is 64.2 Å². The molecule has 1 aliphatic heterocycles. The van der Waals surface area contributed by atoms with Crippen molar-refractivity contribution in [3.63, 3.8) is 0 Å². The van der Waals surface area contributed by atoms with Gasteiger partial charge in [-0.05, 0) is 30.3 Å². The molecule has 4 nitrogen and oxygen atoms in total. The second-order valence-electron chi connectivity index (χ2n) is 5.21. The highest BCUT2D eigenvalue weighted by atomic mass is 35.5. The number of nitrogens with zero attached hydrogens (tertiary/aromatic N) is 4. The first-order valence-electron chi connectivity index (χ1n) is 7.10. The maximum absolute atomic E-state index is 6.30. The van der Waals surface area contributed by atoms with E-state index in [1.807, 2.05) is 6.07 Å². The average Bonchev–Trinajstić information content (AvgIpc) is 3.00. The van der Waals surface area contributed by atoms with Crippen molar-refractivity contribution in [2.45, 2.75) is 5.16 Å². The molecule has 0 spiro atoms. The number of halogens is 4. The fourth-order valence-electron chi connectivity index (χ4n) is 2.38. The van der Waals surface area contributed by atoms with Crippen molar-refractivity contribution in [1.29, 1.82) is 0 Å². The van der Waals surface area contributed by atoms with Gasteiger partial charge >= 0.3 is 0 Å². The maximum atomic E-state index is 6.30. The van der Waals surface area contributed by atoms with Crippen LogP contribution in [0.3, 0.4) is 0 Å². The summed E-state index contributed by atoms with van der Waals surface area (Å²) in [4.78, 5) is 0. The molecule has 25 heavy (non-hydrogen) atoms. The zero-order chi connectivity index (χ0) is 17.6. The Hall–Kier alpha value is -1.24. The van der Waals surface area contributed by atoms with E-state index in [1.54, 1.807) is 35.0 Å². The van der Waals surface area contributed by atoms with E-state index in [0.717, 1.165) is 11.3 Å². The lowest BCUT2D eigenvalue weighted by Crippen LogP contribution is -2.13. The van der Waals surface area contributed by atoms with Crippen LogP contribution in [0.1, 0.15) is 5.56 Å². The summed E-state index contributed by atoms with van der Waals surface area (Å²) in [7, 11) is 0. The molecule has 1 aromatic heterocycles. The number of hydrogen-bond donors (Lipinski definition) is 0. The summed E-state index contributed by atoms with van der Waals surface area (Å²) in [6.07, 6.45) is 0. The van der Waals surface area contributed by atoms with Crippen LogP contribution in [-0.2, 0) is 0 Å². The Morgan fingerprint density at radius 2 is 1.72 bits per heavy atom. The molecule has 2 aromatic carbocycles. The molecule has 126 valence electrons. The minimum absolute atomic E-state index is 0.488. The summed E-state index contributed by atoms with van der Waals surface area (Å²) in [5, 5.41) is 15.8. The number of rotatable bonds is 2. The molecule has 0 amide bonds. The Balaban J connectivity index is 1.81. The van der Waals surface area contributed by atoms with Crippen molar-refractivity contribution in [2.24, 2.45) is 5.10 Å². The van der Waals surface area contributed by atoms with Gasteiger partial charge in [0.05, 0.1) is 20.8 Å². The summed E-state index contributed by atoms with van der Waals surface area (Å²) in [5.74, 6) is 1.21. The van der Waals surface area contributed by atoms with E-state index < -0.39 is 0 Å². The average molecular weight is 430 g/mol. The van der Waals surface area contributed by atoms with Crippen LogP contribution in [0, 0.1) is 0 Å². The monoisotopic (exact) mass is 428 g/mol. The fraction of sp³-hybridized carbons (Fsp3) is 0.0625. The third kappa shape index (κ3) is 3.27. The normalized spacial score (nSPS) is 13.5. The standard InChI is InChI=1S/C16H8Cl4N4S/c17-9-2-3-10(12(19)6-9)15-21-22-16-24(15)23-14(7-25-16)8-1-4-11(18)13(20)5-8/h1-6H,7H2. The van der Waals surface area contributed by atoms with Crippen molar-refractivity contribution in [3.05, 3.63) is 62.1 Å². The molecule has 0 unspecified atom stereocenters. The Morgan fingerprint density at radius 3 is 2.48 bits per heavy atom. The second kappa shape index (κ2) is 6.82. The van der Waals surface area contributed by atoms with E-state index in [-0.39, 0.29) is 0 Å². The molecular weight excluding hydrogens is 422 g/mol. The zero-order valence-electron chi connectivity index (χ0n) is 12.4. The number of hydrogen-bond acceptors (Lipinski definition) is 4. The van der Waals surface area contributed by atoms with Gasteiger partial charge in [0.25, 0.3) is 0 Å². The Bertz CT molecular complexity index is 1020. The molecule has 3 aromatic rings. The third-order valence-corrected chi connectivity index (χ3v) is 5.81. The SMILES string of the molecule is Clc1ccc(-c2nnc3n2N=C(c2ccc(Cl)c(Cl)c2)CS3)c(Cl)c1. The van der Waals surface area contributed by atoms with Gasteiger partial charge in [-0.3, -0.25) is 0 Å². The van der Waals surface area contributed by atoms with E-state index in [4.69, 9.17) is 46.4 Å². The zero-order valence-corrected chi connectivity index (χ0v) is 16.2. The summed E-state index contributed by atoms with van der Waals surface area (Å²) in [6, 6.07) is 10.7. The number of benzene rings is 2. The van der Waals surface area contributed by atoms with E-state index in [1.165, 1.54) is 11.8 Å². The number of thioether (sulfide) groups is 1. The molecule has 0 fully saturated rings. The van der Waals surface area contributed by atoms with E-state index in [2.05, 4.69) is 15.3 Å². The van der Waals surface area contributed by atoms with Gasteiger partial charge in [0.1, 0.15) is 0 Å². The first kappa shape index (κ1) is 17.2. The van der Waals surface area contributed by atoms with Gasteiger partial charge in [-0.25, -0.2) is 0 Å². The molecule has 0 radical (unpaired) electrons. The molecule has 0 saturated carbocycles. The van der Waals surface area contributed by atoms with Crippen LogP contribution in [0.25, 0.3) is 11.4 Å². The first-order valence-corrected chi connectivity index (χ1v) is 9.59. The lowest BCUT2D eigenvalue weighted by Gasteiger charge is -2.14. The minimum atomic E-state index is 0.488. The van der Waals surface area contributed by atoms with Gasteiger partial charge in [0.2, 0.25) is 5.16 Å². The van der Waals surface area contributed by atoms with Crippen molar-refractivity contribution in [2.75, 3.05) is 5.75 Å². The topological polar surface area (TPSA) is 43.1 Å². The third-order valence-electron chi connectivity index (χ3n) is 3.60. The van der Waals surface area contributed by atoms with Crippen LogP contribution in [0.15, 0.2) is 46.7 Å². The summed E-state index contributed by atoms with van der Waals surface area (Å²) < 4.78 is 1.68. The molecule has 1 aliphatic rings. The largest absolute Gasteiger partial charge is 0.212 e. The van der Waals surface area contributed by atoms with Crippen molar-refractivity contribution >= 4 is 63.9 Å². The van der Waals surface area contributed by atoms with Gasteiger partial charge in [-0.2, -0.15) is 9.78 Å². The summed E-state index contributed by atoms with van der Waals surface area (Å²) in [5.41, 5.74) is 2.46. The maximum Gasteiger partial charge on any atom is 0.212 e. The van der Waals surface area contributed by atoms with Gasteiger partial charge in [0.15, 0.2) is 5.82 Å². The highest BCUT2D eigenvalue weighted by Gasteiger charge is 2.22. The highest BCUT2D eigenvalue weighted by molar-refractivity contribution is 7.99. The van der Waals surface area contributed by atoms with Crippen molar-refractivity contribution in [3.8, 4) is 11.4 Å². The van der Waals surface area contributed by atoms with E-state index in [9.17, 15) is 0 Å². The van der Waals surface area contributed by atoms with Gasteiger partial charge in [0, 0.05) is 21.9 Å². The summed E-state index contributed by atoms with van der Waals surface area (Å²) >= 11 is 25.9. The smallest absolute Gasteiger partial charge is 0.186 e. The molecule has 0 bridgehead atoms. The summed E-state index contributed by atoms with van der Waals surface area (Å²) in [6.45, 7) is 0. The molecule has 0 atom stereocenters. The van der Waals surface area contributed by atoms with Crippen LogP contribution in [0.4, 0.5) is 0 Å². The fourth-order valence-corrected chi connectivity index (χ4v) is 4.01. The molecule has 9 heteroatoms. The molecular formula is C16H8Cl4N4S. The number of fused-ring (bicyclic) bond motifs is 1. The predicted molar refractivity (Wildman–Crippen MR) is 105 cm³/mol. The minimum Gasteiger partial charge on any atom is -0.186 e. The van der Waals surface area contributed by atoms with Crippen molar-refractivity contribution in [1.82, 2.24) is 14.9 Å². The van der Waals surface area contributed by atoms with E-state index in [0.29, 0.717) is 42.4 Å². The molecule has 4 rings (SSSR count). The number of aromatic nitrogens is 3. The lowest BCUT2D eigenvalue weighted by molar-refractivity contribution is 0.762. The van der Waals surface area contributed by atoms with Crippen LogP contribution < -0.4 is 0 Å². The highest BCUT2D eigenvalue weighted by Crippen LogP contribution is 2.33. The van der Waals surface area contributed by atoms with Gasteiger partial charge in [-0.15, -0.1) is 10.2 Å². The Morgan fingerprint density at radius 1 is 0.880 bits per heavy atom. The second-order valence-corrected chi connectivity index (χ2v) is 7.81. The van der Waals surface area contributed by atoms with Crippen LogP contribution >= 0.6 is 58.2 Å². The van der Waals surface area contributed by atoms with Crippen molar-refractivity contribution < 1.29 is 0 Å². The van der Waals surface area contributed by atoms with Gasteiger partial charge < -0.3 is 0 Å². The quantitative estimate of drug-likeness (QED) is 0.507.